The van der Waals surface area contributed by atoms with E-state index >= 15 is 0 Å². The summed E-state index contributed by atoms with van der Waals surface area (Å²) in [5.41, 5.74) is 2.50. The van der Waals surface area contributed by atoms with E-state index in [9.17, 15) is 4.79 Å². The van der Waals surface area contributed by atoms with E-state index in [4.69, 9.17) is 0 Å². The van der Waals surface area contributed by atoms with Crippen molar-refractivity contribution in [3.8, 4) is 0 Å². The number of benzene rings is 1. The highest BCUT2D eigenvalue weighted by Gasteiger charge is 2.07. The molecule has 6 heteroatoms. The number of thioether (sulfide) groups is 1. The quantitative estimate of drug-likeness (QED) is 0.547. The van der Waals surface area contributed by atoms with Crippen molar-refractivity contribution in [1.29, 1.82) is 0 Å². The Labute approximate surface area is 126 Å². The van der Waals surface area contributed by atoms with Crippen molar-refractivity contribution in [3.63, 3.8) is 0 Å². The van der Waals surface area contributed by atoms with E-state index in [0.717, 1.165) is 22.1 Å². The maximum absolute atomic E-state index is 11.4. The number of carbonyl (C=O) groups is 1. The van der Waals surface area contributed by atoms with Crippen LogP contribution in [-0.2, 0) is 10.5 Å². The Hall–Kier alpha value is -2.34. The van der Waals surface area contributed by atoms with Gasteiger partial charge in [-0.2, -0.15) is 0 Å². The molecule has 3 aromatic rings. The molecular weight excluding hydrogens is 286 g/mol. The summed E-state index contributed by atoms with van der Waals surface area (Å²) in [6.45, 7) is 0. The van der Waals surface area contributed by atoms with Crippen molar-refractivity contribution in [3.05, 3.63) is 59.8 Å². The molecule has 2 heterocycles. The van der Waals surface area contributed by atoms with Crippen LogP contribution in [0.4, 0.5) is 0 Å². The van der Waals surface area contributed by atoms with Gasteiger partial charge in [0.25, 0.3) is 0 Å². The Bertz CT molecular complexity index is 768. The van der Waals surface area contributed by atoms with E-state index in [1.165, 1.54) is 7.11 Å². The van der Waals surface area contributed by atoms with E-state index in [2.05, 4.69) is 14.9 Å². The van der Waals surface area contributed by atoms with Gasteiger partial charge in [-0.25, -0.2) is 4.79 Å². The van der Waals surface area contributed by atoms with E-state index in [0.29, 0.717) is 5.56 Å². The molecular formula is C15H13N3O2S. The number of carbonyl (C=O) groups excluding carboxylic acids is 1. The maximum atomic E-state index is 11.4. The van der Waals surface area contributed by atoms with Crippen molar-refractivity contribution < 1.29 is 9.53 Å². The fourth-order valence-electron chi connectivity index (χ4n) is 1.92. The fraction of sp³-hybridized carbons (Fsp3) is 0.133. The lowest BCUT2D eigenvalue weighted by Crippen LogP contribution is -2.00. The Kier molecular flexibility index (Phi) is 3.87. The fourth-order valence-corrected chi connectivity index (χ4v) is 2.80. The summed E-state index contributed by atoms with van der Waals surface area (Å²) in [5.74, 6) is 0.439. The minimum absolute atomic E-state index is 0.322. The second-order valence-electron chi connectivity index (χ2n) is 4.39. The highest BCUT2D eigenvalue weighted by atomic mass is 32.2. The summed E-state index contributed by atoms with van der Waals surface area (Å²) in [4.78, 5) is 11.4. The third kappa shape index (κ3) is 2.90. The highest BCUT2D eigenvalue weighted by Crippen LogP contribution is 2.21. The molecule has 0 aliphatic carbocycles. The van der Waals surface area contributed by atoms with Gasteiger partial charge >= 0.3 is 5.97 Å². The topological polar surface area (TPSA) is 56.5 Å². The third-order valence-electron chi connectivity index (χ3n) is 3.03. The van der Waals surface area contributed by atoms with Gasteiger partial charge < -0.3 is 4.74 Å². The zero-order chi connectivity index (χ0) is 14.7. The average Bonchev–Trinajstić information content (AvgIpc) is 2.96. The van der Waals surface area contributed by atoms with Crippen LogP contribution in [0.2, 0.25) is 0 Å². The van der Waals surface area contributed by atoms with Crippen LogP contribution in [-0.4, -0.2) is 27.7 Å². The van der Waals surface area contributed by atoms with Gasteiger partial charge in [-0.1, -0.05) is 30.0 Å². The number of hydrogen-bond acceptors (Lipinski definition) is 5. The number of methoxy groups -OCH3 is 1. The van der Waals surface area contributed by atoms with Crippen molar-refractivity contribution in [2.24, 2.45) is 0 Å². The van der Waals surface area contributed by atoms with Gasteiger partial charge in [-0.05, 0) is 29.8 Å². The predicted octanol–water partition coefficient (Wildman–Crippen LogP) is 2.81. The summed E-state index contributed by atoms with van der Waals surface area (Å²) in [6, 6.07) is 13.2. The van der Waals surface area contributed by atoms with Crippen molar-refractivity contribution in [1.82, 2.24) is 14.6 Å². The molecule has 0 aliphatic heterocycles. The van der Waals surface area contributed by atoms with Crippen LogP contribution in [0.3, 0.4) is 0 Å². The molecule has 0 aliphatic rings. The SMILES string of the molecule is COC(=O)c1ccc(CSc2nnc3ccccn23)cc1. The molecule has 1 aromatic carbocycles. The van der Waals surface area contributed by atoms with E-state index in [-0.39, 0.29) is 5.97 Å². The molecule has 2 aromatic heterocycles. The normalized spacial score (nSPS) is 10.7. The summed E-state index contributed by atoms with van der Waals surface area (Å²) in [5, 5.41) is 9.13. The monoisotopic (exact) mass is 299 g/mol. The van der Waals surface area contributed by atoms with Gasteiger partial charge in [0.15, 0.2) is 10.8 Å². The van der Waals surface area contributed by atoms with Crippen LogP contribution in [0.5, 0.6) is 0 Å². The number of fused-ring (bicyclic) bond motifs is 1. The number of aromatic nitrogens is 3. The summed E-state index contributed by atoms with van der Waals surface area (Å²) < 4.78 is 6.63. The standard InChI is InChI=1S/C15H13N3O2S/c1-20-14(19)12-7-5-11(6-8-12)10-21-15-17-16-13-4-2-3-9-18(13)15/h2-9H,10H2,1H3. The predicted molar refractivity (Wildman–Crippen MR) is 80.3 cm³/mol. The number of rotatable bonds is 4. The first-order valence-corrected chi connectivity index (χ1v) is 7.36. The van der Waals surface area contributed by atoms with Crippen LogP contribution >= 0.6 is 11.8 Å². The van der Waals surface area contributed by atoms with Gasteiger partial charge in [0, 0.05) is 11.9 Å². The van der Waals surface area contributed by atoms with Gasteiger partial charge in [0.2, 0.25) is 0 Å². The van der Waals surface area contributed by atoms with E-state index < -0.39 is 0 Å². The van der Waals surface area contributed by atoms with Gasteiger partial charge in [-0.3, -0.25) is 4.40 Å². The van der Waals surface area contributed by atoms with Crippen LogP contribution in [0.15, 0.2) is 53.8 Å². The van der Waals surface area contributed by atoms with Gasteiger partial charge in [-0.15, -0.1) is 10.2 Å². The largest absolute Gasteiger partial charge is 0.465 e. The Morgan fingerprint density at radius 2 is 2.00 bits per heavy atom. The second-order valence-corrected chi connectivity index (χ2v) is 5.33. The average molecular weight is 299 g/mol. The number of pyridine rings is 1. The summed E-state index contributed by atoms with van der Waals surface area (Å²) in [7, 11) is 1.38. The molecule has 3 rings (SSSR count). The number of nitrogens with zero attached hydrogens (tertiary/aromatic N) is 3. The first kappa shape index (κ1) is 13.6. The third-order valence-corrected chi connectivity index (χ3v) is 4.04. The molecule has 0 unspecified atom stereocenters. The maximum Gasteiger partial charge on any atom is 0.337 e. The van der Waals surface area contributed by atoms with Crippen molar-refractivity contribution >= 4 is 23.4 Å². The first-order chi connectivity index (χ1) is 10.3. The number of ether oxygens (including phenoxy) is 1. The lowest BCUT2D eigenvalue weighted by molar-refractivity contribution is 0.0600. The first-order valence-electron chi connectivity index (χ1n) is 6.38. The van der Waals surface area contributed by atoms with E-state index in [1.54, 1.807) is 23.9 Å². The zero-order valence-electron chi connectivity index (χ0n) is 11.4. The molecule has 0 N–H and O–H groups in total. The number of hydrogen-bond donors (Lipinski definition) is 0. The van der Waals surface area contributed by atoms with Crippen molar-refractivity contribution in [2.45, 2.75) is 10.9 Å². The van der Waals surface area contributed by atoms with Crippen molar-refractivity contribution in [2.75, 3.05) is 7.11 Å². The number of esters is 1. The molecule has 0 bridgehead atoms. The Morgan fingerprint density at radius 1 is 1.19 bits per heavy atom. The lowest BCUT2D eigenvalue weighted by atomic mass is 10.1. The molecule has 0 saturated heterocycles. The van der Waals surface area contributed by atoms with E-state index in [1.807, 2.05) is 40.9 Å². The molecule has 0 radical (unpaired) electrons. The molecule has 5 nitrogen and oxygen atoms in total. The minimum Gasteiger partial charge on any atom is -0.465 e. The highest BCUT2D eigenvalue weighted by molar-refractivity contribution is 7.98. The Morgan fingerprint density at radius 3 is 2.76 bits per heavy atom. The van der Waals surface area contributed by atoms with Gasteiger partial charge in [0.05, 0.1) is 12.7 Å². The smallest absolute Gasteiger partial charge is 0.337 e. The zero-order valence-corrected chi connectivity index (χ0v) is 12.2. The lowest BCUT2D eigenvalue weighted by Gasteiger charge is -2.02. The molecule has 0 saturated carbocycles. The second kappa shape index (κ2) is 5.97. The summed E-state index contributed by atoms with van der Waals surface area (Å²) >= 11 is 1.60. The van der Waals surface area contributed by atoms with Crippen LogP contribution in [0, 0.1) is 0 Å². The minimum atomic E-state index is -0.322. The molecule has 0 amide bonds. The van der Waals surface area contributed by atoms with Crippen LogP contribution in [0.1, 0.15) is 15.9 Å². The van der Waals surface area contributed by atoms with Crippen LogP contribution in [0.25, 0.3) is 5.65 Å². The van der Waals surface area contributed by atoms with Gasteiger partial charge in [0.1, 0.15) is 0 Å². The van der Waals surface area contributed by atoms with Crippen LogP contribution < -0.4 is 0 Å². The summed E-state index contributed by atoms with van der Waals surface area (Å²) in [6.07, 6.45) is 1.94. The molecule has 0 atom stereocenters. The molecule has 0 spiro atoms. The molecule has 106 valence electrons. The molecule has 0 fully saturated rings. The Balaban J connectivity index is 1.71. The molecule has 21 heavy (non-hydrogen) atoms.